The normalized spacial score (nSPS) is 11.9. The van der Waals surface area contributed by atoms with Crippen LogP contribution in [0.25, 0.3) is 0 Å². The van der Waals surface area contributed by atoms with E-state index in [1.807, 2.05) is 0 Å². The molecule has 11 heavy (non-hydrogen) atoms. The first-order valence-electron chi connectivity index (χ1n) is 2.55. The van der Waals surface area contributed by atoms with E-state index >= 15 is 0 Å². The third-order valence-electron chi connectivity index (χ3n) is 0.977. The van der Waals surface area contributed by atoms with Crippen LogP contribution < -0.4 is 0 Å². The summed E-state index contributed by atoms with van der Waals surface area (Å²) in [6.07, 6.45) is 0. The van der Waals surface area contributed by atoms with Crippen LogP contribution in [0.3, 0.4) is 0 Å². The van der Waals surface area contributed by atoms with E-state index in [-0.39, 0.29) is 9.90 Å². The van der Waals surface area contributed by atoms with E-state index in [0.29, 0.717) is 4.34 Å². The van der Waals surface area contributed by atoms with Crippen molar-refractivity contribution < 1.29 is 13.0 Å². The summed E-state index contributed by atoms with van der Waals surface area (Å²) in [7, 11) is -4.11. The van der Waals surface area contributed by atoms with Crippen molar-refractivity contribution in [3.63, 3.8) is 0 Å². The van der Waals surface area contributed by atoms with Crippen LogP contribution in [-0.2, 0) is 10.1 Å². The van der Waals surface area contributed by atoms with E-state index in [9.17, 15) is 8.42 Å². The fraction of sp³-hybridized carbons (Fsp3) is 0.250. The van der Waals surface area contributed by atoms with Gasteiger partial charge in [0.25, 0.3) is 0 Å². The van der Waals surface area contributed by atoms with E-state index in [1.165, 1.54) is 6.92 Å². The van der Waals surface area contributed by atoms with Crippen molar-refractivity contribution in [1.82, 2.24) is 4.98 Å². The van der Waals surface area contributed by atoms with E-state index in [0.717, 1.165) is 11.3 Å². The molecule has 0 aromatic carbocycles. The molecule has 0 saturated carbocycles. The Balaban J connectivity index is 3.36. The van der Waals surface area contributed by atoms with Gasteiger partial charge < -0.3 is 0 Å². The summed E-state index contributed by atoms with van der Waals surface area (Å²) in [6, 6.07) is 0. The van der Waals surface area contributed by atoms with Gasteiger partial charge in [-0.1, -0.05) is 11.3 Å². The van der Waals surface area contributed by atoms with Gasteiger partial charge >= 0.3 is 10.1 Å². The molecule has 7 heteroatoms. The summed E-state index contributed by atoms with van der Waals surface area (Å²) >= 11 is 4.68. The first-order chi connectivity index (χ1) is 4.91. The molecule has 0 bridgehead atoms. The number of rotatable bonds is 1. The minimum absolute atomic E-state index is 0.137. The van der Waals surface area contributed by atoms with Crippen LogP contribution in [-0.4, -0.2) is 18.0 Å². The van der Waals surface area contributed by atoms with Crippen molar-refractivity contribution in [2.45, 2.75) is 15.5 Å². The molecule has 1 rings (SSSR count). The summed E-state index contributed by atoms with van der Waals surface area (Å²) in [5.41, 5.74) is 0.280. The van der Waals surface area contributed by atoms with Gasteiger partial charge in [0.15, 0.2) is 4.21 Å². The monoisotopic (exact) mass is 211 g/mol. The summed E-state index contributed by atoms with van der Waals surface area (Å²) < 4.78 is 29.9. The molecule has 0 radical (unpaired) electrons. The topological polar surface area (TPSA) is 67.3 Å². The molecule has 62 valence electrons. The first-order valence-corrected chi connectivity index (χ1v) is 5.25. The maximum atomic E-state index is 10.6. The molecule has 4 nitrogen and oxygen atoms in total. The molecule has 1 N–H and O–H groups in total. The molecule has 1 heterocycles. The number of aromatic nitrogens is 1. The molecule has 0 aliphatic rings. The standard InChI is InChI=1S/C4H5NO3S3/c1-2-3(11(6,7)8)10-4(9)5-2/h1H3,(H,5,9)(H,6,7,8). The van der Waals surface area contributed by atoms with Gasteiger partial charge in [0.2, 0.25) is 0 Å². The lowest BCUT2D eigenvalue weighted by Crippen LogP contribution is -1.96. The average molecular weight is 211 g/mol. The molecule has 0 unspecified atom stereocenters. The number of aryl methyl sites for hydroxylation is 1. The van der Waals surface area contributed by atoms with E-state index in [2.05, 4.69) is 17.6 Å². The van der Waals surface area contributed by atoms with Crippen LogP contribution in [0.5, 0.6) is 0 Å². The minimum Gasteiger partial charge on any atom is -0.281 e. The first kappa shape index (κ1) is 8.98. The smallest absolute Gasteiger partial charge is 0.281 e. The highest BCUT2D eigenvalue weighted by Gasteiger charge is 2.17. The Labute approximate surface area is 73.4 Å². The Kier molecular flexibility index (Phi) is 2.24. The van der Waals surface area contributed by atoms with Gasteiger partial charge in [-0.15, -0.1) is 12.6 Å². The van der Waals surface area contributed by atoms with E-state index in [4.69, 9.17) is 4.55 Å². The predicted molar refractivity (Wildman–Crippen MR) is 43.9 cm³/mol. The Hall–Kier alpha value is -0.110. The second-order valence-corrected chi connectivity index (χ2v) is 5.19. The van der Waals surface area contributed by atoms with Crippen molar-refractivity contribution in [3.8, 4) is 0 Å². The Bertz CT molecular complexity index is 366. The van der Waals surface area contributed by atoms with Gasteiger partial charge in [-0.25, -0.2) is 4.98 Å². The van der Waals surface area contributed by atoms with Crippen molar-refractivity contribution in [3.05, 3.63) is 5.69 Å². The molecular weight excluding hydrogens is 206 g/mol. The van der Waals surface area contributed by atoms with Gasteiger partial charge in [0, 0.05) is 0 Å². The van der Waals surface area contributed by atoms with Crippen molar-refractivity contribution in [2.24, 2.45) is 0 Å². The predicted octanol–water partition coefficient (Wildman–Crippen LogP) is 0.987. The Morgan fingerprint density at radius 1 is 1.64 bits per heavy atom. The van der Waals surface area contributed by atoms with Crippen molar-refractivity contribution >= 4 is 34.1 Å². The van der Waals surface area contributed by atoms with Gasteiger partial charge in [0.05, 0.1) is 5.69 Å². The number of nitrogens with zero attached hydrogens (tertiary/aromatic N) is 1. The lowest BCUT2D eigenvalue weighted by molar-refractivity contribution is 0.485. The average Bonchev–Trinajstić information content (AvgIpc) is 2.08. The largest absolute Gasteiger partial charge is 0.306 e. The molecule has 1 aromatic rings. The quantitative estimate of drug-likeness (QED) is 0.537. The molecule has 0 atom stereocenters. The van der Waals surface area contributed by atoms with Crippen LogP contribution >= 0.6 is 24.0 Å². The lowest BCUT2D eigenvalue weighted by Gasteiger charge is -1.88. The third kappa shape index (κ3) is 1.92. The maximum absolute atomic E-state index is 10.6. The van der Waals surface area contributed by atoms with Crippen LogP contribution in [0.15, 0.2) is 8.55 Å². The molecule has 0 fully saturated rings. The molecule has 0 spiro atoms. The second kappa shape index (κ2) is 2.74. The zero-order valence-electron chi connectivity index (χ0n) is 5.47. The molecule has 0 aliphatic carbocycles. The van der Waals surface area contributed by atoms with Crippen LogP contribution in [0.1, 0.15) is 5.69 Å². The zero-order valence-corrected chi connectivity index (χ0v) is 8.00. The zero-order chi connectivity index (χ0) is 8.65. The fourth-order valence-electron chi connectivity index (χ4n) is 0.608. The number of thiol groups is 1. The third-order valence-corrected chi connectivity index (χ3v) is 3.75. The van der Waals surface area contributed by atoms with Gasteiger partial charge in [0.1, 0.15) is 4.34 Å². The summed E-state index contributed by atoms with van der Waals surface area (Å²) in [5.74, 6) is 0. The van der Waals surface area contributed by atoms with Gasteiger partial charge in [-0.05, 0) is 6.92 Å². The van der Waals surface area contributed by atoms with Crippen LogP contribution in [0, 0.1) is 6.92 Å². The van der Waals surface area contributed by atoms with Gasteiger partial charge in [-0.3, -0.25) is 4.55 Å². The summed E-state index contributed by atoms with van der Waals surface area (Å²) in [4.78, 5) is 3.72. The molecule has 0 aliphatic heterocycles. The Morgan fingerprint density at radius 3 is 2.36 bits per heavy atom. The highest BCUT2D eigenvalue weighted by atomic mass is 32.3. The van der Waals surface area contributed by atoms with E-state index < -0.39 is 10.1 Å². The summed E-state index contributed by atoms with van der Waals surface area (Å²) in [6.45, 7) is 1.50. The number of hydrogen-bond acceptors (Lipinski definition) is 5. The van der Waals surface area contributed by atoms with Crippen LogP contribution in [0.4, 0.5) is 0 Å². The molecular formula is C4H5NO3S3. The van der Waals surface area contributed by atoms with Gasteiger partial charge in [-0.2, -0.15) is 8.42 Å². The van der Waals surface area contributed by atoms with E-state index in [1.54, 1.807) is 0 Å². The lowest BCUT2D eigenvalue weighted by atomic mass is 10.6. The Morgan fingerprint density at radius 2 is 2.18 bits per heavy atom. The SMILES string of the molecule is Cc1nc(S)sc1S(=O)(=O)O. The number of thiazole rings is 1. The number of hydrogen-bond donors (Lipinski definition) is 2. The molecule has 0 amide bonds. The minimum atomic E-state index is -4.11. The van der Waals surface area contributed by atoms with Crippen LogP contribution in [0.2, 0.25) is 0 Å². The highest BCUT2D eigenvalue weighted by Crippen LogP contribution is 2.24. The maximum Gasteiger partial charge on any atom is 0.306 e. The summed E-state index contributed by atoms with van der Waals surface area (Å²) in [5, 5.41) is 0. The van der Waals surface area contributed by atoms with Crippen molar-refractivity contribution in [1.29, 1.82) is 0 Å². The molecule has 1 aromatic heterocycles. The van der Waals surface area contributed by atoms with Crippen molar-refractivity contribution in [2.75, 3.05) is 0 Å². The molecule has 0 saturated heterocycles. The second-order valence-electron chi connectivity index (χ2n) is 1.84. The fourth-order valence-corrected chi connectivity index (χ4v) is 2.84. The highest BCUT2D eigenvalue weighted by molar-refractivity contribution is 7.89.